The van der Waals surface area contributed by atoms with E-state index in [1.807, 2.05) is 61.5 Å². The van der Waals surface area contributed by atoms with Gasteiger partial charge >= 0.3 is 0 Å². The van der Waals surface area contributed by atoms with Gasteiger partial charge in [0.2, 0.25) is 5.82 Å². The topological polar surface area (TPSA) is 59.8 Å². The van der Waals surface area contributed by atoms with Gasteiger partial charge in [-0.2, -0.15) is 0 Å². The first-order valence-corrected chi connectivity index (χ1v) is 9.22. The van der Waals surface area contributed by atoms with Gasteiger partial charge in [-0.25, -0.2) is 14.1 Å². The summed E-state index contributed by atoms with van der Waals surface area (Å²) in [6.07, 6.45) is 0. The van der Waals surface area contributed by atoms with Gasteiger partial charge < -0.3 is 5.32 Å². The molecule has 144 valence electrons. The number of amides is 1. The van der Waals surface area contributed by atoms with Crippen LogP contribution in [0.2, 0.25) is 0 Å². The second-order valence-electron chi connectivity index (χ2n) is 6.68. The molecule has 1 heterocycles. The third-order valence-electron chi connectivity index (χ3n) is 4.49. The Bertz CT molecular complexity index is 1060. The molecule has 0 atom stereocenters. The van der Waals surface area contributed by atoms with Crippen LogP contribution in [0.15, 0.2) is 78.9 Å². The smallest absolute Gasteiger partial charge is 0.291 e. The van der Waals surface area contributed by atoms with Crippen LogP contribution >= 0.6 is 0 Å². The summed E-state index contributed by atoms with van der Waals surface area (Å²) in [4.78, 5) is 17.1. The molecule has 3 aromatic carbocycles. The van der Waals surface area contributed by atoms with Crippen molar-refractivity contribution in [3.63, 3.8) is 0 Å². The van der Waals surface area contributed by atoms with Crippen LogP contribution in [0, 0.1) is 12.7 Å². The molecule has 29 heavy (non-hydrogen) atoms. The summed E-state index contributed by atoms with van der Waals surface area (Å²) in [6, 6.07) is 23.3. The minimum atomic E-state index is -0.372. The highest BCUT2D eigenvalue weighted by molar-refractivity contribution is 5.91. The summed E-state index contributed by atoms with van der Waals surface area (Å²) in [7, 11) is 0. The highest BCUT2D eigenvalue weighted by Crippen LogP contribution is 2.22. The summed E-state index contributed by atoms with van der Waals surface area (Å²) in [6.45, 7) is 2.38. The number of hydrogen-bond acceptors (Lipinski definition) is 3. The predicted molar refractivity (Wildman–Crippen MR) is 109 cm³/mol. The van der Waals surface area contributed by atoms with Gasteiger partial charge in [-0.1, -0.05) is 60.2 Å². The lowest BCUT2D eigenvalue weighted by molar-refractivity contribution is 0.0940. The molecule has 0 aliphatic carbocycles. The number of rotatable bonds is 5. The Morgan fingerprint density at radius 3 is 2.34 bits per heavy atom. The maximum atomic E-state index is 13.4. The zero-order chi connectivity index (χ0) is 20.2. The SMILES string of the molecule is Cc1ccc(-c2nc(C(=O)NCc3ccccc3)nn2-c2ccc(F)cc2)cc1. The van der Waals surface area contributed by atoms with E-state index in [0.717, 1.165) is 16.7 Å². The van der Waals surface area contributed by atoms with Gasteiger partial charge in [0.15, 0.2) is 5.82 Å². The molecule has 0 bridgehead atoms. The number of nitrogens with zero attached hydrogens (tertiary/aromatic N) is 3. The van der Waals surface area contributed by atoms with Crippen LogP contribution in [0.3, 0.4) is 0 Å². The zero-order valence-electron chi connectivity index (χ0n) is 15.8. The van der Waals surface area contributed by atoms with Crippen LogP contribution in [0.4, 0.5) is 4.39 Å². The lowest BCUT2D eigenvalue weighted by atomic mass is 10.1. The molecule has 0 spiro atoms. The van der Waals surface area contributed by atoms with Crippen LogP contribution in [-0.4, -0.2) is 20.7 Å². The second kappa shape index (κ2) is 8.06. The van der Waals surface area contributed by atoms with Crippen LogP contribution in [-0.2, 0) is 6.54 Å². The molecular weight excluding hydrogens is 367 g/mol. The van der Waals surface area contributed by atoms with E-state index in [2.05, 4.69) is 15.4 Å². The molecule has 1 amide bonds. The number of carbonyl (C=O) groups excluding carboxylic acids is 1. The van der Waals surface area contributed by atoms with Crippen LogP contribution in [0.1, 0.15) is 21.7 Å². The van der Waals surface area contributed by atoms with E-state index in [1.54, 1.807) is 16.8 Å². The standard InChI is InChI=1S/C23H19FN4O/c1-16-7-9-18(10-8-16)22-26-21(23(29)25-15-17-5-3-2-4-6-17)27-28(22)20-13-11-19(24)12-14-20/h2-14H,15H2,1H3,(H,25,29). The Kier molecular flexibility index (Phi) is 5.16. The third kappa shape index (κ3) is 4.21. The normalized spacial score (nSPS) is 10.7. The Labute approximate surface area is 167 Å². The van der Waals surface area contributed by atoms with Crippen molar-refractivity contribution in [3.8, 4) is 17.1 Å². The number of hydrogen-bond donors (Lipinski definition) is 1. The molecule has 5 nitrogen and oxygen atoms in total. The fourth-order valence-electron chi connectivity index (χ4n) is 2.92. The maximum Gasteiger partial charge on any atom is 0.291 e. The number of benzene rings is 3. The molecule has 1 aromatic heterocycles. The molecule has 0 saturated heterocycles. The average Bonchev–Trinajstić information content (AvgIpc) is 3.19. The quantitative estimate of drug-likeness (QED) is 0.556. The molecule has 6 heteroatoms. The zero-order valence-corrected chi connectivity index (χ0v) is 15.8. The Balaban J connectivity index is 1.68. The Morgan fingerprint density at radius 2 is 1.66 bits per heavy atom. The summed E-state index contributed by atoms with van der Waals surface area (Å²) in [5.74, 6) is -0.142. The summed E-state index contributed by atoms with van der Waals surface area (Å²) in [5.41, 5.74) is 3.53. The van der Waals surface area contributed by atoms with Crippen molar-refractivity contribution in [2.45, 2.75) is 13.5 Å². The van der Waals surface area contributed by atoms with Gasteiger partial charge in [-0.3, -0.25) is 4.79 Å². The molecule has 0 fully saturated rings. The average molecular weight is 386 g/mol. The Hall–Kier alpha value is -3.80. The van der Waals surface area contributed by atoms with Gasteiger partial charge in [-0.05, 0) is 36.8 Å². The van der Waals surface area contributed by atoms with E-state index in [0.29, 0.717) is 18.1 Å². The largest absolute Gasteiger partial charge is 0.345 e. The molecule has 0 aliphatic rings. The van der Waals surface area contributed by atoms with E-state index in [1.165, 1.54) is 12.1 Å². The Morgan fingerprint density at radius 1 is 0.966 bits per heavy atom. The van der Waals surface area contributed by atoms with E-state index < -0.39 is 0 Å². The number of nitrogens with one attached hydrogen (secondary N) is 1. The van der Waals surface area contributed by atoms with E-state index in [4.69, 9.17) is 0 Å². The van der Waals surface area contributed by atoms with Crippen molar-refractivity contribution in [1.82, 2.24) is 20.1 Å². The monoisotopic (exact) mass is 386 g/mol. The van der Waals surface area contributed by atoms with Gasteiger partial charge in [0.05, 0.1) is 5.69 Å². The maximum absolute atomic E-state index is 13.4. The van der Waals surface area contributed by atoms with Gasteiger partial charge in [-0.15, -0.1) is 5.10 Å². The molecule has 0 aliphatic heterocycles. The van der Waals surface area contributed by atoms with Crippen molar-refractivity contribution in [1.29, 1.82) is 0 Å². The van der Waals surface area contributed by atoms with Gasteiger partial charge in [0, 0.05) is 12.1 Å². The highest BCUT2D eigenvalue weighted by atomic mass is 19.1. The molecule has 4 aromatic rings. The van der Waals surface area contributed by atoms with Crippen molar-refractivity contribution < 1.29 is 9.18 Å². The first-order valence-electron chi connectivity index (χ1n) is 9.22. The second-order valence-corrected chi connectivity index (χ2v) is 6.68. The van der Waals surface area contributed by atoms with Crippen LogP contribution in [0.5, 0.6) is 0 Å². The first-order chi connectivity index (χ1) is 14.1. The van der Waals surface area contributed by atoms with Gasteiger partial charge in [0.1, 0.15) is 5.82 Å². The first kappa shape index (κ1) is 18.6. The number of aryl methyl sites for hydroxylation is 1. The van der Waals surface area contributed by atoms with Crippen molar-refractivity contribution >= 4 is 5.91 Å². The molecule has 0 saturated carbocycles. The predicted octanol–water partition coefficient (Wildman–Crippen LogP) is 4.31. The fourth-order valence-corrected chi connectivity index (χ4v) is 2.92. The molecule has 1 N–H and O–H groups in total. The lowest BCUT2D eigenvalue weighted by Crippen LogP contribution is -2.24. The number of halogens is 1. The number of carbonyl (C=O) groups is 1. The van der Waals surface area contributed by atoms with E-state index in [9.17, 15) is 9.18 Å². The summed E-state index contributed by atoms with van der Waals surface area (Å²) in [5, 5.41) is 7.23. The van der Waals surface area contributed by atoms with Crippen molar-refractivity contribution in [2.75, 3.05) is 0 Å². The molecule has 4 rings (SSSR count). The highest BCUT2D eigenvalue weighted by Gasteiger charge is 2.18. The van der Waals surface area contributed by atoms with E-state index >= 15 is 0 Å². The minimum absolute atomic E-state index is 0.0563. The molecule has 0 unspecified atom stereocenters. The van der Waals surface area contributed by atoms with Crippen molar-refractivity contribution in [3.05, 3.63) is 102 Å². The summed E-state index contributed by atoms with van der Waals surface area (Å²) >= 11 is 0. The van der Waals surface area contributed by atoms with Crippen molar-refractivity contribution in [2.24, 2.45) is 0 Å². The molecular formula is C23H19FN4O. The minimum Gasteiger partial charge on any atom is -0.345 e. The lowest BCUT2D eigenvalue weighted by Gasteiger charge is -2.06. The third-order valence-corrected chi connectivity index (χ3v) is 4.49. The summed E-state index contributed by atoms with van der Waals surface area (Å²) < 4.78 is 14.9. The fraction of sp³-hybridized carbons (Fsp3) is 0.0870. The van der Waals surface area contributed by atoms with Crippen LogP contribution < -0.4 is 5.32 Å². The van der Waals surface area contributed by atoms with Gasteiger partial charge in [0.25, 0.3) is 5.91 Å². The molecule has 0 radical (unpaired) electrons. The number of aromatic nitrogens is 3. The van der Waals surface area contributed by atoms with Crippen LogP contribution in [0.25, 0.3) is 17.1 Å². The van der Waals surface area contributed by atoms with E-state index in [-0.39, 0.29) is 17.5 Å².